The first-order valence-corrected chi connectivity index (χ1v) is 2.45. The van der Waals surface area contributed by atoms with Gasteiger partial charge in [0.05, 0.1) is 0 Å². The summed E-state index contributed by atoms with van der Waals surface area (Å²) in [6.45, 7) is 0. The second kappa shape index (κ2) is 6.91. The Hall–Kier alpha value is -0.207. The Morgan fingerprint density at radius 1 is 1.00 bits per heavy atom. The number of hydrogen-bond acceptors (Lipinski definition) is 0. The van der Waals surface area contributed by atoms with E-state index in [0.29, 0.717) is 0 Å². The van der Waals surface area contributed by atoms with Gasteiger partial charge in [0, 0.05) is 39.1 Å². The summed E-state index contributed by atoms with van der Waals surface area (Å²) in [6.07, 6.45) is 5.10. The SMILES string of the molecule is C#Cc1ccccc1.[Co].[Co]. The van der Waals surface area contributed by atoms with Crippen LogP contribution in [0, 0.1) is 12.3 Å². The minimum atomic E-state index is 0. The van der Waals surface area contributed by atoms with Crippen molar-refractivity contribution in [3.05, 3.63) is 35.9 Å². The molecule has 0 aromatic heterocycles. The molecule has 0 saturated heterocycles. The van der Waals surface area contributed by atoms with Gasteiger partial charge in [-0.1, -0.05) is 24.1 Å². The van der Waals surface area contributed by atoms with Crippen LogP contribution in [0.2, 0.25) is 0 Å². The van der Waals surface area contributed by atoms with Gasteiger partial charge in [0.25, 0.3) is 0 Å². The van der Waals surface area contributed by atoms with Gasteiger partial charge in [-0.25, -0.2) is 0 Å². The van der Waals surface area contributed by atoms with Crippen LogP contribution < -0.4 is 0 Å². The van der Waals surface area contributed by atoms with Crippen LogP contribution in [0.15, 0.2) is 30.3 Å². The summed E-state index contributed by atoms with van der Waals surface area (Å²) in [5, 5.41) is 0. The third-order valence-electron chi connectivity index (χ3n) is 0.940. The third kappa shape index (κ3) is 3.75. The Labute approximate surface area is 81.8 Å². The van der Waals surface area contributed by atoms with Crippen LogP contribution in [0.4, 0.5) is 0 Å². The largest absolute Gasteiger partial charge is 0.115 e. The van der Waals surface area contributed by atoms with Crippen LogP contribution in [0.1, 0.15) is 5.56 Å². The average molecular weight is 220 g/mol. The molecule has 0 aliphatic carbocycles. The topological polar surface area (TPSA) is 0 Å². The molecule has 0 aliphatic rings. The van der Waals surface area contributed by atoms with Gasteiger partial charge in [0.15, 0.2) is 0 Å². The zero-order chi connectivity index (χ0) is 5.82. The molecule has 1 aromatic rings. The molecule has 0 bridgehead atoms. The number of hydrogen-bond donors (Lipinski definition) is 0. The number of rotatable bonds is 0. The maximum atomic E-state index is 5.10. The molecule has 0 saturated carbocycles. The predicted molar refractivity (Wildman–Crippen MR) is 34.4 cm³/mol. The van der Waals surface area contributed by atoms with Crippen molar-refractivity contribution in [3.8, 4) is 12.3 Å². The van der Waals surface area contributed by atoms with Crippen LogP contribution in [0.25, 0.3) is 0 Å². The normalized spacial score (nSPS) is 6.30. The van der Waals surface area contributed by atoms with Crippen molar-refractivity contribution in [2.45, 2.75) is 0 Å². The van der Waals surface area contributed by atoms with E-state index in [0.717, 1.165) is 5.56 Å². The fourth-order valence-corrected chi connectivity index (χ4v) is 0.534. The van der Waals surface area contributed by atoms with E-state index >= 15 is 0 Å². The van der Waals surface area contributed by atoms with Crippen molar-refractivity contribution in [2.75, 3.05) is 0 Å². The minimum Gasteiger partial charge on any atom is -0.115 e. The first kappa shape index (κ1) is 12.5. The molecule has 0 fully saturated rings. The van der Waals surface area contributed by atoms with Crippen molar-refractivity contribution in [3.63, 3.8) is 0 Å². The summed E-state index contributed by atoms with van der Waals surface area (Å²) >= 11 is 0. The van der Waals surface area contributed by atoms with E-state index in [9.17, 15) is 0 Å². The van der Waals surface area contributed by atoms with Gasteiger partial charge in [-0.15, -0.1) is 6.42 Å². The summed E-state index contributed by atoms with van der Waals surface area (Å²) in [5.74, 6) is 2.53. The Morgan fingerprint density at radius 2 is 1.50 bits per heavy atom. The molecule has 0 aliphatic heterocycles. The molecule has 2 radical (unpaired) electrons. The molecule has 0 atom stereocenters. The Morgan fingerprint density at radius 3 is 1.80 bits per heavy atom. The monoisotopic (exact) mass is 220 g/mol. The standard InChI is InChI=1S/C8H6.2Co/c1-2-8-6-4-3-5-7-8;;/h1,3-7H;;. The van der Waals surface area contributed by atoms with Crippen LogP contribution in [0.3, 0.4) is 0 Å². The molecular formula is C8H6Co2. The van der Waals surface area contributed by atoms with Gasteiger partial charge >= 0.3 is 0 Å². The Bertz CT molecular complexity index is 198. The average Bonchev–Trinajstić information content (AvgIpc) is 1.90. The van der Waals surface area contributed by atoms with Gasteiger partial charge in [-0.05, 0) is 12.1 Å². The van der Waals surface area contributed by atoms with E-state index in [1.165, 1.54) is 0 Å². The van der Waals surface area contributed by atoms with Crippen molar-refractivity contribution >= 4 is 0 Å². The Kier molecular flexibility index (Phi) is 8.61. The minimum absolute atomic E-state index is 0. The summed E-state index contributed by atoms with van der Waals surface area (Å²) in [4.78, 5) is 0. The summed E-state index contributed by atoms with van der Waals surface area (Å²) in [5.41, 5.74) is 0.938. The molecular weight excluding hydrogens is 214 g/mol. The number of terminal acetylenes is 1. The molecule has 10 heavy (non-hydrogen) atoms. The molecule has 1 aromatic carbocycles. The zero-order valence-electron chi connectivity index (χ0n) is 5.13. The zero-order valence-corrected chi connectivity index (χ0v) is 7.21. The molecule has 56 valence electrons. The van der Waals surface area contributed by atoms with Crippen LogP contribution in [-0.4, -0.2) is 0 Å². The van der Waals surface area contributed by atoms with Crippen molar-refractivity contribution in [1.82, 2.24) is 0 Å². The molecule has 0 heterocycles. The van der Waals surface area contributed by atoms with Crippen LogP contribution >= 0.6 is 0 Å². The molecule has 0 nitrogen and oxygen atoms in total. The fourth-order valence-electron chi connectivity index (χ4n) is 0.534. The first-order chi connectivity index (χ1) is 3.93. The molecule has 0 amide bonds. The van der Waals surface area contributed by atoms with Crippen molar-refractivity contribution in [2.24, 2.45) is 0 Å². The summed E-state index contributed by atoms with van der Waals surface area (Å²) in [7, 11) is 0. The molecule has 0 unspecified atom stereocenters. The quantitative estimate of drug-likeness (QED) is 0.583. The van der Waals surface area contributed by atoms with Gasteiger partial charge in [0.1, 0.15) is 0 Å². The predicted octanol–water partition coefficient (Wildman–Crippen LogP) is 1.66. The summed E-state index contributed by atoms with van der Waals surface area (Å²) in [6, 6.07) is 9.60. The van der Waals surface area contributed by atoms with Gasteiger partial charge in [0.2, 0.25) is 0 Å². The molecule has 0 spiro atoms. The van der Waals surface area contributed by atoms with Crippen LogP contribution in [-0.2, 0) is 33.6 Å². The van der Waals surface area contributed by atoms with Gasteiger partial charge < -0.3 is 0 Å². The second-order valence-corrected chi connectivity index (χ2v) is 1.51. The van der Waals surface area contributed by atoms with Crippen molar-refractivity contribution in [1.29, 1.82) is 0 Å². The van der Waals surface area contributed by atoms with Crippen LogP contribution in [0.5, 0.6) is 0 Å². The van der Waals surface area contributed by atoms with E-state index in [-0.39, 0.29) is 33.6 Å². The molecule has 0 N–H and O–H groups in total. The van der Waals surface area contributed by atoms with Gasteiger partial charge in [-0.3, -0.25) is 0 Å². The van der Waals surface area contributed by atoms with E-state index < -0.39 is 0 Å². The third-order valence-corrected chi connectivity index (χ3v) is 0.940. The maximum Gasteiger partial charge on any atom is 0.0242 e. The number of benzene rings is 1. The second-order valence-electron chi connectivity index (χ2n) is 1.51. The smallest absolute Gasteiger partial charge is 0.0242 e. The molecule has 2 heteroatoms. The van der Waals surface area contributed by atoms with E-state index in [1.807, 2.05) is 30.3 Å². The van der Waals surface area contributed by atoms with E-state index in [1.54, 1.807) is 0 Å². The Balaban J connectivity index is 0. The van der Waals surface area contributed by atoms with E-state index in [2.05, 4.69) is 5.92 Å². The van der Waals surface area contributed by atoms with E-state index in [4.69, 9.17) is 6.42 Å². The van der Waals surface area contributed by atoms with Crippen molar-refractivity contribution < 1.29 is 33.6 Å². The first-order valence-electron chi connectivity index (χ1n) is 2.45. The fraction of sp³-hybridized carbons (Fsp3) is 0. The molecule has 1 rings (SSSR count). The maximum absolute atomic E-state index is 5.10. The van der Waals surface area contributed by atoms with Gasteiger partial charge in [-0.2, -0.15) is 0 Å². The summed E-state index contributed by atoms with van der Waals surface area (Å²) < 4.78 is 0.